The van der Waals surface area contributed by atoms with Gasteiger partial charge in [-0.25, -0.2) is 0 Å². The topological polar surface area (TPSA) is 20.2 Å². The first kappa shape index (κ1) is 8.54. The molecule has 12 heavy (non-hydrogen) atoms. The van der Waals surface area contributed by atoms with Crippen LogP contribution in [0.5, 0.6) is 0 Å². The Morgan fingerprint density at radius 3 is 2.75 bits per heavy atom. The van der Waals surface area contributed by atoms with Crippen molar-refractivity contribution < 1.29 is 5.11 Å². The molecule has 1 N–H and O–H groups in total. The Bertz CT molecular complexity index is 278. The zero-order valence-electron chi connectivity index (χ0n) is 6.72. The standard InChI is InChI=1S/C9H11ClOS/c10-7-1-4-12-8(7)5-9(6-11)2-3-9/h1,4,11H,2-3,5-6H2. The maximum atomic E-state index is 9.11. The summed E-state index contributed by atoms with van der Waals surface area (Å²) in [6.45, 7) is 0.307. The van der Waals surface area contributed by atoms with Crippen molar-refractivity contribution in [1.82, 2.24) is 0 Å². The molecule has 1 fully saturated rings. The van der Waals surface area contributed by atoms with Gasteiger partial charge in [-0.3, -0.25) is 0 Å². The van der Waals surface area contributed by atoms with Crippen molar-refractivity contribution in [3.8, 4) is 0 Å². The summed E-state index contributed by atoms with van der Waals surface area (Å²) in [7, 11) is 0. The molecule has 0 amide bonds. The van der Waals surface area contributed by atoms with Crippen LogP contribution in [0.25, 0.3) is 0 Å². The number of rotatable bonds is 3. The Balaban J connectivity index is 2.08. The smallest absolute Gasteiger partial charge is 0.0545 e. The highest BCUT2D eigenvalue weighted by Gasteiger charge is 2.42. The molecule has 1 nitrogen and oxygen atoms in total. The summed E-state index contributed by atoms with van der Waals surface area (Å²) >= 11 is 7.65. The van der Waals surface area contributed by atoms with Gasteiger partial charge in [0.05, 0.1) is 5.02 Å². The van der Waals surface area contributed by atoms with Gasteiger partial charge < -0.3 is 5.11 Å². The third-order valence-electron chi connectivity index (χ3n) is 2.52. The van der Waals surface area contributed by atoms with E-state index < -0.39 is 0 Å². The first-order valence-corrected chi connectivity index (χ1v) is 5.34. The van der Waals surface area contributed by atoms with Gasteiger partial charge in [0.2, 0.25) is 0 Å². The van der Waals surface area contributed by atoms with Gasteiger partial charge in [-0.2, -0.15) is 0 Å². The fourth-order valence-electron chi connectivity index (χ4n) is 1.36. The second-order valence-electron chi connectivity index (χ2n) is 3.53. The Morgan fingerprint density at radius 2 is 2.33 bits per heavy atom. The molecule has 1 aliphatic carbocycles. The third kappa shape index (κ3) is 1.51. The van der Waals surface area contributed by atoms with Crippen molar-refractivity contribution in [1.29, 1.82) is 0 Å². The molecule has 0 spiro atoms. The number of hydrogen-bond donors (Lipinski definition) is 1. The fourth-order valence-corrected chi connectivity index (χ4v) is 2.64. The molecule has 66 valence electrons. The van der Waals surface area contributed by atoms with Crippen LogP contribution in [-0.4, -0.2) is 11.7 Å². The van der Waals surface area contributed by atoms with Crippen LogP contribution in [0.4, 0.5) is 0 Å². The van der Waals surface area contributed by atoms with E-state index in [2.05, 4.69) is 0 Å². The van der Waals surface area contributed by atoms with E-state index >= 15 is 0 Å². The minimum Gasteiger partial charge on any atom is -0.396 e. The molecule has 0 atom stereocenters. The minimum absolute atomic E-state index is 0.189. The van der Waals surface area contributed by atoms with Crippen LogP contribution in [0.1, 0.15) is 17.7 Å². The predicted molar refractivity (Wildman–Crippen MR) is 51.8 cm³/mol. The van der Waals surface area contributed by atoms with E-state index in [1.807, 2.05) is 11.4 Å². The van der Waals surface area contributed by atoms with E-state index in [0.717, 1.165) is 24.3 Å². The van der Waals surface area contributed by atoms with Crippen LogP contribution < -0.4 is 0 Å². The molecular formula is C9H11ClOS. The van der Waals surface area contributed by atoms with Gasteiger partial charge in [0.1, 0.15) is 0 Å². The van der Waals surface area contributed by atoms with E-state index in [4.69, 9.17) is 16.7 Å². The highest BCUT2D eigenvalue weighted by Crippen LogP contribution is 2.49. The lowest BCUT2D eigenvalue weighted by Crippen LogP contribution is -2.09. The Morgan fingerprint density at radius 1 is 1.58 bits per heavy atom. The second-order valence-corrected chi connectivity index (χ2v) is 4.93. The van der Waals surface area contributed by atoms with Gasteiger partial charge in [-0.05, 0) is 36.1 Å². The molecule has 1 saturated carbocycles. The average Bonchev–Trinajstić information content (AvgIpc) is 2.74. The molecule has 3 heteroatoms. The van der Waals surface area contributed by atoms with Gasteiger partial charge in [0, 0.05) is 11.5 Å². The van der Waals surface area contributed by atoms with Crippen molar-refractivity contribution >= 4 is 22.9 Å². The van der Waals surface area contributed by atoms with Gasteiger partial charge in [-0.1, -0.05) is 11.6 Å². The number of hydrogen-bond acceptors (Lipinski definition) is 2. The first-order chi connectivity index (χ1) is 5.76. The molecule has 0 unspecified atom stereocenters. The van der Waals surface area contributed by atoms with Gasteiger partial charge in [0.25, 0.3) is 0 Å². The SMILES string of the molecule is OCC1(Cc2sccc2Cl)CC1. The van der Waals surface area contributed by atoms with Crippen LogP contribution in [-0.2, 0) is 6.42 Å². The number of aliphatic hydroxyl groups is 1. The zero-order valence-corrected chi connectivity index (χ0v) is 8.29. The normalized spacial score (nSPS) is 19.5. The van der Waals surface area contributed by atoms with Gasteiger partial charge in [0.15, 0.2) is 0 Å². The lowest BCUT2D eigenvalue weighted by Gasteiger charge is -2.09. The van der Waals surface area contributed by atoms with Crippen molar-refractivity contribution in [2.75, 3.05) is 6.61 Å². The van der Waals surface area contributed by atoms with Crippen LogP contribution in [0.15, 0.2) is 11.4 Å². The van der Waals surface area contributed by atoms with Crippen LogP contribution in [0.3, 0.4) is 0 Å². The largest absolute Gasteiger partial charge is 0.396 e. The van der Waals surface area contributed by atoms with E-state index in [1.165, 1.54) is 4.88 Å². The molecule has 2 rings (SSSR count). The summed E-state index contributed by atoms with van der Waals surface area (Å²) in [5, 5.41) is 12.0. The van der Waals surface area contributed by atoms with E-state index in [0.29, 0.717) is 6.61 Å². The van der Waals surface area contributed by atoms with Crippen LogP contribution in [0.2, 0.25) is 5.02 Å². The third-order valence-corrected chi connectivity index (χ3v) is 3.91. The maximum absolute atomic E-state index is 9.11. The van der Waals surface area contributed by atoms with Crippen LogP contribution in [0, 0.1) is 5.41 Å². The minimum atomic E-state index is 0.189. The summed E-state index contributed by atoms with van der Waals surface area (Å²) in [6.07, 6.45) is 3.26. The molecule has 1 aromatic heterocycles. The summed E-state index contributed by atoms with van der Waals surface area (Å²) in [4.78, 5) is 1.23. The van der Waals surface area contributed by atoms with E-state index in [1.54, 1.807) is 11.3 Å². The van der Waals surface area contributed by atoms with E-state index in [-0.39, 0.29) is 5.41 Å². The summed E-state index contributed by atoms with van der Waals surface area (Å²) in [5.74, 6) is 0. The average molecular weight is 203 g/mol. The number of aliphatic hydroxyl groups excluding tert-OH is 1. The van der Waals surface area contributed by atoms with Crippen molar-refractivity contribution in [2.45, 2.75) is 19.3 Å². The molecule has 1 aromatic rings. The lowest BCUT2D eigenvalue weighted by molar-refractivity contribution is 0.212. The van der Waals surface area contributed by atoms with Crippen LogP contribution >= 0.6 is 22.9 Å². The number of thiophene rings is 1. The highest BCUT2D eigenvalue weighted by molar-refractivity contribution is 7.10. The molecule has 0 aliphatic heterocycles. The van der Waals surface area contributed by atoms with Gasteiger partial charge in [-0.15, -0.1) is 11.3 Å². The fraction of sp³-hybridized carbons (Fsp3) is 0.556. The Labute approximate surface area is 81.0 Å². The molecule has 0 radical (unpaired) electrons. The molecule has 0 bridgehead atoms. The maximum Gasteiger partial charge on any atom is 0.0545 e. The number of halogens is 1. The lowest BCUT2D eigenvalue weighted by atomic mass is 10.0. The molecule has 0 aromatic carbocycles. The Kier molecular flexibility index (Phi) is 2.15. The summed E-state index contributed by atoms with van der Waals surface area (Å²) < 4.78 is 0. The summed E-state index contributed by atoms with van der Waals surface area (Å²) in [6, 6.07) is 1.93. The first-order valence-electron chi connectivity index (χ1n) is 4.08. The molecule has 0 saturated heterocycles. The molecular weight excluding hydrogens is 192 g/mol. The van der Waals surface area contributed by atoms with E-state index in [9.17, 15) is 0 Å². The van der Waals surface area contributed by atoms with Crippen molar-refractivity contribution in [3.05, 3.63) is 21.3 Å². The second kappa shape index (κ2) is 3.02. The van der Waals surface area contributed by atoms with Gasteiger partial charge >= 0.3 is 0 Å². The molecule has 1 heterocycles. The quantitative estimate of drug-likeness (QED) is 0.799. The summed E-state index contributed by atoms with van der Waals surface area (Å²) in [5.41, 5.74) is 0.189. The monoisotopic (exact) mass is 202 g/mol. The highest BCUT2D eigenvalue weighted by atomic mass is 35.5. The molecule has 1 aliphatic rings. The van der Waals surface area contributed by atoms with Crippen molar-refractivity contribution in [3.63, 3.8) is 0 Å². The van der Waals surface area contributed by atoms with Crippen molar-refractivity contribution in [2.24, 2.45) is 5.41 Å². The zero-order chi connectivity index (χ0) is 8.60. The Hall–Kier alpha value is -0.0500. The predicted octanol–water partition coefficient (Wildman–Crippen LogP) is 2.72.